The number of fused-ring (bicyclic) bond motifs is 1. The minimum absolute atomic E-state index is 0.0239. The zero-order chi connectivity index (χ0) is 19.8. The number of nitrogens with zero attached hydrogens (tertiary/aromatic N) is 5. The molecule has 1 aliphatic heterocycles. The number of carbonyl (C=O) groups excluding carboxylic acids is 1. The summed E-state index contributed by atoms with van der Waals surface area (Å²) >= 11 is 0. The maximum absolute atomic E-state index is 12.8. The third-order valence-electron chi connectivity index (χ3n) is 5.09. The second-order valence-corrected chi connectivity index (χ2v) is 7.27. The van der Waals surface area contributed by atoms with Crippen LogP contribution in [-0.2, 0) is 0 Å². The number of aryl methyl sites for hydroxylation is 1. The largest absolute Gasteiger partial charge is 0.438 e. The fraction of sp³-hybridized carbons (Fsp3) is 0.421. The predicted molar refractivity (Wildman–Crippen MR) is 104 cm³/mol. The maximum atomic E-state index is 12.8. The van der Waals surface area contributed by atoms with Crippen LogP contribution < -0.4 is 10.5 Å². The number of carbonyl (C=O) groups is 1. The van der Waals surface area contributed by atoms with Crippen LogP contribution in [0.2, 0.25) is 0 Å². The number of nitrogens with one attached hydrogen (secondary N) is 1. The van der Waals surface area contributed by atoms with Gasteiger partial charge in [0.15, 0.2) is 6.39 Å². The average Bonchev–Trinajstić information content (AvgIpc) is 3.12. The lowest BCUT2D eigenvalue weighted by atomic mass is 9.93. The molecule has 9 nitrogen and oxygen atoms in total. The Labute approximate surface area is 161 Å². The molecule has 1 saturated heterocycles. The molecular weight excluding hydrogens is 360 g/mol. The summed E-state index contributed by atoms with van der Waals surface area (Å²) in [6, 6.07) is 1.89. The van der Waals surface area contributed by atoms with E-state index < -0.39 is 0 Å². The van der Waals surface area contributed by atoms with Crippen LogP contribution in [0.3, 0.4) is 0 Å². The molecule has 1 N–H and O–H groups in total. The van der Waals surface area contributed by atoms with Crippen molar-refractivity contribution in [3.8, 4) is 0 Å². The van der Waals surface area contributed by atoms with Crippen LogP contribution in [-0.4, -0.2) is 57.9 Å². The summed E-state index contributed by atoms with van der Waals surface area (Å²) in [7, 11) is 3.71. The highest BCUT2D eigenvalue weighted by atomic mass is 16.3. The number of anilines is 1. The number of H-pyrrole nitrogens is 1. The van der Waals surface area contributed by atoms with Crippen molar-refractivity contribution in [1.29, 1.82) is 0 Å². The van der Waals surface area contributed by atoms with Crippen LogP contribution in [0.4, 0.5) is 5.95 Å². The van der Waals surface area contributed by atoms with E-state index >= 15 is 0 Å². The molecule has 0 bridgehead atoms. The van der Waals surface area contributed by atoms with Gasteiger partial charge in [-0.25, -0.2) is 15.0 Å². The SMILES string of the molecule is Cc1ncoc1C(=O)N1CCC[C@@H](c2cc3nc(N(C)C)ncc3c(=O)[nH]2)C1. The topological polar surface area (TPSA) is 108 Å². The molecule has 0 radical (unpaired) electrons. The van der Waals surface area contributed by atoms with Gasteiger partial charge in [0, 0.05) is 45.0 Å². The summed E-state index contributed by atoms with van der Waals surface area (Å²) in [4.78, 5) is 44.5. The second-order valence-electron chi connectivity index (χ2n) is 7.27. The summed E-state index contributed by atoms with van der Waals surface area (Å²) in [5.74, 6) is 0.678. The van der Waals surface area contributed by atoms with Crippen molar-refractivity contribution < 1.29 is 9.21 Å². The zero-order valence-electron chi connectivity index (χ0n) is 16.1. The van der Waals surface area contributed by atoms with Gasteiger partial charge in [0.2, 0.25) is 11.7 Å². The first-order valence-corrected chi connectivity index (χ1v) is 9.20. The van der Waals surface area contributed by atoms with Gasteiger partial charge in [0.1, 0.15) is 0 Å². The molecule has 28 heavy (non-hydrogen) atoms. The molecule has 1 atom stereocenters. The number of oxazole rings is 1. The molecule has 0 aliphatic carbocycles. The number of rotatable bonds is 3. The first-order chi connectivity index (χ1) is 13.4. The van der Waals surface area contributed by atoms with Crippen LogP contribution in [0.15, 0.2) is 27.9 Å². The Morgan fingerprint density at radius 3 is 2.89 bits per heavy atom. The molecule has 0 saturated carbocycles. The smallest absolute Gasteiger partial charge is 0.291 e. The Bertz CT molecular complexity index is 1090. The van der Waals surface area contributed by atoms with Gasteiger partial charge < -0.3 is 19.2 Å². The van der Waals surface area contributed by atoms with Crippen molar-refractivity contribution in [2.45, 2.75) is 25.7 Å². The fourth-order valence-electron chi connectivity index (χ4n) is 3.55. The van der Waals surface area contributed by atoms with Crippen LogP contribution in [0.25, 0.3) is 10.9 Å². The second kappa shape index (κ2) is 7.06. The van der Waals surface area contributed by atoms with Crippen LogP contribution >= 0.6 is 0 Å². The highest BCUT2D eigenvalue weighted by molar-refractivity contribution is 5.92. The van der Waals surface area contributed by atoms with Crippen LogP contribution in [0, 0.1) is 6.92 Å². The minimum atomic E-state index is -0.215. The first-order valence-electron chi connectivity index (χ1n) is 9.20. The maximum Gasteiger partial charge on any atom is 0.291 e. The standard InChI is InChI=1S/C19H22N6O3/c1-11-16(28-10-21-11)18(27)25-6-4-5-12(9-25)14-7-15-13(17(26)22-14)8-20-19(23-15)24(2)3/h7-8,10,12H,4-6,9H2,1-3H3,(H,22,26)/t12-/m1/s1. The van der Waals surface area contributed by atoms with Gasteiger partial charge >= 0.3 is 0 Å². The Hall–Kier alpha value is -3.23. The van der Waals surface area contributed by atoms with E-state index in [0.717, 1.165) is 18.5 Å². The molecule has 0 unspecified atom stereocenters. The van der Waals surface area contributed by atoms with Crippen molar-refractivity contribution in [3.63, 3.8) is 0 Å². The van der Waals surface area contributed by atoms with Gasteiger partial charge in [0.05, 0.1) is 16.6 Å². The zero-order valence-corrected chi connectivity index (χ0v) is 16.1. The number of amides is 1. The van der Waals surface area contributed by atoms with E-state index in [0.29, 0.717) is 35.6 Å². The van der Waals surface area contributed by atoms with Crippen molar-refractivity contribution >= 4 is 22.8 Å². The number of piperidine rings is 1. The number of pyridine rings is 1. The van der Waals surface area contributed by atoms with Gasteiger partial charge in [-0.15, -0.1) is 0 Å². The third kappa shape index (κ3) is 3.23. The van der Waals surface area contributed by atoms with Gasteiger partial charge in [-0.1, -0.05) is 0 Å². The van der Waals surface area contributed by atoms with Gasteiger partial charge in [-0.2, -0.15) is 0 Å². The number of hydrogen-bond donors (Lipinski definition) is 1. The monoisotopic (exact) mass is 382 g/mol. The van der Waals surface area contributed by atoms with E-state index in [-0.39, 0.29) is 23.1 Å². The van der Waals surface area contributed by atoms with Crippen molar-refractivity contribution in [2.75, 3.05) is 32.1 Å². The normalized spacial score (nSPS) is 17.1. The molecule has 4 heterocycles. The molecule has 1 fully saturated rings. The number of hydrogen-bond acceptors (Lipinski definition) is 7. The Morgan fingerprint density at radius 1 is 1.36 bits per heavy atom. The van der Waals surface area contributed by atoms with E-state index in [2.05, 4.69) is 19.9 Å². The summed E-state index contributed by atoms with van der Waals surface area (Å²) in [6.07, 6.45) is 4.55. The quantitative estimate of drug-likeness (QED) is 0.734. The van der Waals surface area contributed by atoms with E-state index in [4.69, 9.17) is 4.42 Å². The van der Waals surface area contributed by atoms with Gasteiger partial charge in [-0.05, 0) is 25.8 Å². The number of likely N-dealkylation sites (tertiary alicyclic amines) is 1. The number of aromatic amines is 1. The highest BCUT2D eigenvalue weighted by Gasteiger charge is 2.29. The van der Waals surface area contributed by atoms with Gasteiger partial charge in [-0.3, -0.25) is 9.59 Å². The Kier molecular flexibility index (Phi) is 4.58. The fourth-order valence-corrected chi connectivity index (χ4v) is 3.55. The first kappa shape index (κ1) is 18.1. The summed E-state index contributed by atoms with van der Waals surface area (Å²) in [5, 5.41) is 0.454. The molecule has 0 spiro atoms. The van der Waals surface area contributed by atoms with E-state index in [9.17, 15) is 9.59 Å². The van der Waals surface area contributed by atoms with E-state index in [1.165, 1.54) is 6.39 Å². The van der Waals surface area contributed by atoms with Crippen molar-refractivity contribution in [1.82, 2.24) is 24.8 Å². The van der Waals surface area contributed by atoms with Crippen molar-refractivity contribution in [3.05, 3.63) is 46.2 Å². The third-order valence-corrected chi connectivity index (χ3v) is 5.09. The molecule has 146 valence electrons. The molecule has 4 rings (SSSR count). The molecule has 1 amide bonds. The number of aromatic nitrogens is 4. The Morgan fingerprint density at radius 2 is 2.18 bits per heavy atom. The lowest BCUT2D eigenvalue weighted by molar-refractivity contribution is 0.0672. The average molecular weight is 382 g/mol. The van der Waals surface area contributed by atoms with Crippen molar-refractivity contribution in [2.24, 2.45) is 0 Å². The molecule has 3 aromatic heterocycles. The lowest BCUT2D eigenvalue weighted by Crippen LogP contribution is -2.39. The van der Waals surface area contributed by atoms with E-state index in [1.807, 2.05) is 20.2 Å². The molecular formula is C19H22N6O3. The lowest BCUT2D eigenvalue weighted by Gasteiger charge is -2.32. The molecule has 9 heteroatoms. The van der Waals surface area contributed by atoms with E-state index in [1.54, 1.807) is 22.9 Å². The Balaban J connectivity index is 1.64. The highest BCUT2D eigenvalue weighted by Crippen LogP contribution is 2.27. The summed E-state index contributed by atoms with van der Waals surface area (Å²) in [5.41, 5.74) is 1.76. The minimum Gasteiger partial charge on any atom is -0.438 e. The summed E-state index contributed by atoms with van der Waals surface area (Å²) in [6.45, 7) is 2.91. The predicted octanol–water partition coefficient (Wildman–Crippen LogP) is 1.70. The molecule has 0 aromatic carbocycles. The summed E-state index contributed by atoms with van der Waals surface area (Å²) < 4.78 is 5.25. The van der Waals surface area contributed by atoms with Crippen LogP contribution in [0.1, 0.15) is 40.7 Å². The molecule has 3 aromatic rings. The molecule has 1 aliphatic rings. The van der Waals surface area contributed by atoms with Crippen LogP contribution in [0.5, 0.6) is 0 Å². The van der Waals surface area contributed by atoms with Gasteiger partial charge in [0.25, 0.3) is 11.5 Å².